The normalized spacial score (nSPS) is 14.9. The van der Waals surface area contributed by atoms with Crippen LogP contribution in [0.3, 0.4) is 0 Å². The molecule has 2 rings (SSSR count). The SMILES string of the molecule is CC(C)CCOc1ccc(NC(=S)NC(=O)CCC2CCCCC2)cc1. The molecule has 0 aromatic heterocycles. The average Bonchev–Trinajstić information content (AvgIpc) is 2.62. The minimum Gasteiger partial charge on any atom is -0.494 e. The number of amides is 1. The van der Waals surface area contributed by atoms with E-state index < -0.39 is 0 Å². The molecule has 0 radical (unpaired) electrons. The number of ether oxygens (including phenoxy) is 1. The molecule has 0 heterocycles. The zero-order valence-electron chi connectivity index (χ0n) is 16.1. The van der Waals surface area contributed by atoms with Crippen molar-refractivity contribution in [2.24, 2.45) is 11.8 Å². The average molecular weight is 377 g/mol. The summed E-state index contributed by atoms with van der Waals surface area (Å²) in [6.45, 7) is 5.08. The predicted octanol–water partition coefficient (Wildman–Crippen LogP) is 5.29. The minimum atomic E-state index is 0.00159. The summed E-state index contributed by atoms with van der Waals surface area (Å²) in [5.41, 5.74) is 0.846. The number of hydrogen-bond acceptors (Lipinski definition) is 3. The van der Waals surface area contributed by atoms with Crippen molar-refractivity contribution in [3.8, 4) is 5.75 Å². The lowest BCUT2D eigenvalue weighted by molar-refractivity contribution is -0.120. The van der Waals surface area contributed by atoms with Crippen molar-refractivity contribution in [1.82, 2.24) is 5.32 Å². The lowest BCUT2D eigenvalue weighted by Crippen LogP contribution is -2.34. The van der Waals surface area contributed by atoms with Gasteiger partial charge < -0.3 is 15.4 Å². The number of anilines is 1. The van der Waals surface area contributed by atoms with Crippen LogP contribution in [0.2, 0.25) is 0 Å². The topological polar surface area (TPSA) is 50.4 Å². The van der Waals surface area contributed by atoms with Crippen LogP contribution in [0.1, 0.15) is 65.2 Å². The second kappa shape index (κ2) is 11.2. The highest BCUT2D eigenvalue weighted by Crippen LogP contribution is 2.27. The van der Waals surface area contributed by atoms with Gasteiger partial charge in [-0.15, -0.1) is 0 Å². The standard InChI is InChI=1S/C21H32N2O2S/c1-16(2)14-15-25-19-11-9-18(10-12-19)22-21(26)23-20(24)13-8-17-6-4-3-5-7-17/h9-12,16-17H,3-8,13-15H2,1-2H3,(H2,22,23,24,26). The van der Waals surface area contributed by atoms with Gasteiger partial charge in [-0.25, -0.2) is 0 Å². The lowest BCUT2D eigenvalue weighted by Gasteiger charge is -2.21. The molecule has 2 N–H and O–H groups in total. The van der Waals surface area contributed by atoms with Crippen LogP contribution in [0.15, 0.2) is 24.3 Å². The first-order chi connectivity index (χ1) is 12.5. The third kappa shape index (κ3) is 8.17. The molecule has 5 heteroatoms. The van der Waals surface area contributed by atoms with E-state index in [-0.39, 0.29) is 5.91 Å². The Hall–Kier alpha value is -1.62. The first kappa shape index (κ1) is 20.7. The molecular formula is C21H32N2O2S. The maximum Gasteiger partial charge on any atom is 0.226 e. The van der Waals surface area contributed by atoms with Gasteiger partial charge in [0.25, 0.3) is 0 Å². The van der Waals surface area contributed by atoms with E-state index in [4.69, 9.17) is 17.0 Å². The van der Waals surface area contributed by atoms with Gasteiger partial charge in [-0.05, 0) is 61.2 Å². The summed E-state index contributed by atoms with van der Waals surface area (Å²) in [7, 11) is 0. The number of rotatable bonds is 8. The Morgan fingerprint density at radius 1 is 1.19 bits per heavy atom. The molecule has 1 aromatic carbocycles. The van der Waals surface area contributed by atoms with E-state index in [0.29, 0.717) is 23.4 Å². The van der Waals surface area contributed by atoms with Crippen LogP contribution in [0.25, 0.3) is 0 Å². The summed E-state index contributed by atoms with van der Waals surface area (Å²) >= 11 is 5.24. The molecule has 144 valence electrons. The van der Waals surface area contributed by atoms with E-state index in [1.54, 1.807) is 0 Å². The van der Waals surface area contributed by atoms with E-state index in [9.17, 15) is 4.79 Å². The highest BCUT2D eigenvalue weighted by Gasteiger charge is 2.15. The van der Waals surface area contributed by atoms with Gasteiger partial charge in [-0.2, -0.15) is 0 Å². The van der Waals surface area contributed by atoms with Crippen molar-refractivity contribution in [2.45, 2.75) is 65.2 Å². The minimum absolute atomic E-state index is 0.00159. The molecule has 1 aromatic rings. The Morgan fingerprint density at radius 3 is 2.54 bits per heavy atom. The molecule has 1 fully saturated rings. The van der Waals surface area contributed by atoms with Gasteiger partial charge in [0.1, 0.15) is 5.75 Å². The van der Waals surface area contributed by atoms with Gasteiger partial charge in [0.05, 0.1) is 6.61 Å². The quantitative estimate of drug-likeness (QED) is 0.606. The molecule has 0 atom stereocenters. The van der Waals surface area contributed by atoms with Gasteiger partial charge in [0, 0.05) is 12.1 Å². The summed E-state index contributed by atoms with van der Waals surface area (Å²) in [4.78, 5) is 12.1. The Morgan fingerprint density at radius 2 is 1.88 bits per heavy atom. The van der Waals surface area contributed by atoms with Crippen molar-refractivity contribution < 1.29 is 9.53 Å². The molecule has 1 aliphatic carbocycles. The van der Waals surface area contributed by atoms with E-state index in [2.05, 4.69) is 24.5 Å². The Bertz CT molecular complexity index is 566. The first-order valence-corrected chi connectivity index (χ1v) is 10.3. The number of thiocarbonyl (C=S) groups is 1. The molecular weight excluding hydrogens is 344 g/mol. The molecule has 0 aliphatic heterocycles. The molecule has 1 aliphatic rings. The number of benzene rings is 1. The zero-order valence-corrected chi connectivity index (χ0v) is 16.9. The van der Waals surface area contributed by atoms with Crippen LogP contribution in [0.4, 0.5) is 5.69 Å². The Kier molecular flexibility index (Phi) is 8.89. The maximum atomic E-state index is 12.1. The molecule has 0 saturated heterocycles. The fourth-order valence-corrected chi connectivity index (χ4v) is 3.44. The van der Waals surface area contributed by atoms with Crippen LogP contribution in [0.5, 0.6) is 5.75 Å². The summed E-state index contributed by atoms with van der Waals surface area (Å²) in [6, 6.07) is 7.64. The van der Waals surface area contributed by atoms with Crippen molar-refractivity contribution >= 4 is 28.9 Å². The van der Waals surface area contributed by atoms with Crippen LogP contribution in [-0.4, -0.2) is 17.6 Å². The highest BCUT2D eigenvalue weighted by molar-refractivity contribution is 7.80. The third-order valence-electron chi connectivity index (χ3n) is 4.83. The van der Waals surface area contributed by atoms with Crippen LogP contribution in [0, 0.1) is 11.8 Å². The second-order valence-electron chi connectivity index (χ2n) is 7.60. The monoisotopic (exact) mass is 376 g/mol. The number of carbonyl (C=O) groups excluding carboxylic acids is 1. The lowest BCUT2D eigenvalue weighted by atomic mass is 9.86. The van der Waals surface area contributed by atoms with Gasteiger partial charge >= 0.3 is 0 Å². The molecule has 1 saturated carbocycles. The first-order valence-electron chi connectivity index (χ1n) is 9.86. The van der Waals surface area contributed by atoms with Crippen LogP contribution < -0.4 is 15.4 Å². The maximum absolute atomic E-state index is 12.1. The summed E-state index contributed by atoms with van der Waals surface area (Å²) < 4.78 is 5.70. The Labute approximate surface area is 163 Å². The van der Waals surface area contributed by atoms with Crippen molar-refractivity contribution in [3.05, 3.63) is 24.3 Å². The van der Waals surface area contributed by atoms with E-state index in [0.717, 1.165) is 30.9 Å². The van der Waals surface area contributed by atoms with E-state index >= 15 is 0 Å². The van der Waals surface area contributed by atoms with Crippen LogP contribution in [-0.2, 0) is 4.79 Å². The fourth-order valence-electron chi connectivity index (χ4n) is 3.21. The van der Waals surface area contributed by atoms with Gasteiger partial charge in [0.2, 0.25) is 5.91 Å². The zero-order chi connectivity index (χ0) is 18.8. The summed E-state index contributed by atoms with van der Waals surface area (Å²) in [6.07, 6.45) is 9.05. The predicted molar refractivity (Wildman–Crippen MR) is 112 cm³/mol. The molecule has 0 bridgehead atoms. The van der Waals surface area contributed by atoms with Crippen molar-refractivity contribution in [1.29, 1.82) is 0 Å². The fraction of sp³-hybridized carbons (Fsp3) is 0.619. The molecule has 0 spiro atoms. The number of carbonyl (C=O) groups is 1. The van der Waals surface area contributed by atoms with Crippen molar-refractivity contribution in [2.75, 3.05) is 11.9 Å². The van der Waals surface area contributed by atoms with Gasteiger partial charge in [0.15, 0.2) is 5.11 Å². The van der Waals surface area contributed by atoms with Gasteiger partial charge in [-0.3, -0.25) is 4.79 Å². The van der Waals surface area contributed by atoms with Crippen molar-refractivity contribution in [3.63, 3.8) is 0 Å². The van der Waals surface area contributed by atoms with Gasteiger partial charge in [-0.1, -0.05) is 46.0 Å². The third-order valence-corrected chi connectivity index (χ3v) is 5.04. The molecule has 1 amide bonds. The van der Waals surface area contributed by atoms with E-state index in [1.807, 2.05) is 24.3 Å². The highest BCUT2D eigenvalue weighted by atomic mass is 32.1. The molecule has 0 unspecified atom stereocenters. The Balaban J connectivity index is 1.67. The van der Waals surface area contributed by atoms with E-state index in [1.165, 1.54) is 32.1 Å². The van der Waals surface area contributed by atoms with Crippen LogP contribution >= 0.6 is 12.2 Å². The smallest absolute Gasteiger partial charge is 0.226 e. The number of hydrogen-bond donors (Lipinski definition) is 2. The summed E-state index contributed by atoms with van der Waals surface area (Å²) in [5.74, 6) is 2.19. The number of nitrogens with one attached hydrogen (secondary N) is 2. The molecule has 26 heavy (non-hydrogen) atoms. The second-order valence-corrected chi connectivity index (χ2v) is 8.01. The summed E-state index contributed by atoms with van der Waals surface area (Å²) in [5, 5.41) is 6.19. The largest absolute Gasteiger partial charge is 0.494 e. The molecule has 4 nitrogen and oxygen atoms in total.